The van der Waals surface area contributed by atoms with Gasteiger partial charge in [-0.1, -0.05) is 62.2 Å². The molecule has 15 heteroatoms. The van der Waals surface area contributed by atoms with Gasteiger partial charge in [0.15, 0.2) is 0 Å². The van der Waals surface area contributed by atoms with E-state index in [4.69, 9.17) is 14.2 Å². The first-order valence-electron chi connectivity index (χ1n) is 15.9. The smallest absolute Gasteiger partial charge is 0.497 e. The Morgan fingerprint density at radius 3 is 2.12 bits per heavy atom. The Labute approximate surface area is 299 Å². The molecule has 1 amide bonds. The Morgan fingerprint density at radius 2 is 1.52 bits per heavy atom. The number of carbonyl (C=O) groups excluding carboxylic acids is 1. The van der Waals surface area contributed by atoms with Gasteiger partial charge in [-0.3, -0.25) is 0 Å². The minimum absolute atomic E-state index is 0.0272. The van der Waals surface area contributed by atoms with E-state index in [9.17, 15) is 21.6 Å². The van der Waals surface area contributed by atoms with Crippen LogP contribution in [0.1, 0.15) is 37.7 Å². The molecule has 11 nitrogen and oxygen atoms in total. The molecule has 2 aromatic carbocycles. The Balaban J connectivity index is 1.29. The molecule has 0 spiro atoms. The van der Waals surface area contributed by atoms with Crippen LogP contribution in [-0.4, -0.2) is 98.3 Å². The normalized spacial score (nSPS) is 24.6. The molecule has 260 valence electrons. The highest BCUT2D eigenvalue weighted by Gasteiger charge is 2.60. The summed E-state index contributed by atoms with van der Waals surface area (Å²) in [5.41, 5.74) is 2.50. The maximum atomic E-state index is 14.3. The molecular weight excluding hydrogens is 790 g/mol. The zero-order valence-electron chi connectivity index (χ0n) is 26.9. The van der Waals surface area contributed by atoms with Gasteiger partial charge in [0.1, 0.15) is 44.0 Å². The molecule has 3 fully saturated rings. The van der Waals surface area contributed by atoms with Gasteiger partial charge in [0.2, 0.25) is 20.0 Å². The van der Waals surface area contributed by atoms with Crippen molar-refractivity contribution in [1.82, 2.24) is 8.61 Å². The Bertz CT molecular complexity index is 1820. The molecule has 1 unspecified atom stereocenters. The highest BCUT2D eigenvalue weighted by molar-refractivity contribution is 9.25. The van der Waals surface area contributed by atoms with Crippen LogP contribution in [0.15, 0.2) is 76.8 Å². The van der Waals surface area contributed by atoms with E-state index >= 15 is 0 Å². The average Bonchev–Trinajstić information content (AvgIpc) is 3.08. The van der Waals surface area contributed by atoms with E-state index in [1.54, 1.807) is 12.1 Å². The van der Waals surface area contributed by atoms with Crippen LogP contribution >= 0.6 is 31.9 Å². The van der Waals surface area contributed by atoms with Crippen molar-refractivity contribution in [3.8, 4) is 11.5 Å². The van der Waals surface area contributed by atoms with Gasteiger partial charge in [0, 0.05) is 69.9 Å². The summed E-state index contributed by atoms with van der Waals surface area (Å²) in [5, 5.41) is 0. The number of quaternary nitrogens is 1. The van der Waals surface area contributed by atoms with Crippen molar-refractivity contribution in [2.24, 2.45) is 0 Å². The summed E-state index contributed by atoms with van der Waals surface area (Å²) in [5.74, 6) is 0.549. The lowest BCUT2D eigenvalue weighted by atomic mass is 9.88. The molecule has 0 aromatic heterocycles. The van der Waals surface area contributed by atoms with Gasteiger partial charge in [-0.15, -0.1) is 0 Å². The third-order valence-electron chi connectivity index (χ3n) is 9.91. The topological polar surface area (TPSA) is 120 Å². The predicted octanol–water partition coefficient (Wildman–Crippen LogP) is 5.52. The molecule has 4 aliphatic rings. The molecule has 0 bridgehead atoms. The molecule has 1 aliphatic carbocycles. The van der Waals surface area contributed by atoms with E-state index in [1.165, 1.54) is 28.9 Å². The number of allylic oxidation sites excluding steroid dienone is 2. The summed E-state index contributed by atoms with van der Waals surface area (Å²) in [7, 11) is -4.61. The maximum absolute atomic E-state index is 14.3. The molecule has 0 saturated carbocycles. The van der Waals surface area contributed by atoms with Gasteiger partial charge >= 0.3 is 6.09 Å². The van der Waals surface area contributed by atoms with E-state index in [0.717, 1.165) is 16.8 Å². The summed E-state index contributed by atoms with van der Waals surface area (Å²) < 4.78 is 73.8. The van der Waals surface area contributed by atoms with Gasteiger partial charge in [-0.25, -0.2) is 21.1 Å². The number of fused-ring (bicyclic) bond motifs is 1. The van der Waals surface area contributed by atoms with Crippen molar-refractivity contribution in [1.29, 1.82) is 0 Å². The second kappa shape index (κ2) is 13.8. The van der Waals surface area contributed by atoms with Crippen LogP contribution in [0.5, 0.6) is 11.5 Å². The Morgan fingerprint density at radius 1 is 0.896 bits per heavy atom. The standard InChI is InChI=1S/C33H40Br2N3O8S2/c1-44-28-8-9-30(45-2)31(20-28)48(42,43)37-18-13-27(14-19-37)38(29-10-15-33(34,35)21-25(29)22-46-32(38)39)26-11-16-36(17-12-26)47(40,41)23-24-6-4-3-5-7-24/h3-10,20-21,26-27H,11-19,22-23H2,1-2H3/q+1. The number of alkyl halides is 2. The van der Waals surface area contributed by atoms with E-state index in [1.807, 2.05) is 36.4 Å². The zero-order valence-corrected chi connectivity index (χ0v) is 31.7. The van der Waals surface area contributed by atoms with Crippen LogP contribution < -0.4 is 9.47 Å². The van der Waals surface area contributed by atoms with Crippen LogP contribution in [0.4, 0.5) is 4.79 Å². The second-order valence-electron chi connectivity index (χ2n) is 12.6. The monoisotopic (exact) mass is 828 g/mol. The summed E-state index contributed by atoms with van der Waals surface area (Å²) in [6, 6.07) is 13.3. The predicted molar refractivity (Wildman–Crippen MR) is 188 cm³/mol. The SMILES string of the molecule is COc1ccc(OC)c(S(=O)(=O)N2CCC([N+]3(C4CCN(S(=O)(=O)Cc5ccccc5)CC4)C(=O)OCC4=CC(Br)(Br)CC=C43)CC2)c1. The number of hydrogen-bond donors (Lipinski definition) is 0. The van der Waals surface area contributed by atoms with Crippen LogP contribution in [0.25, 0.3) is 0 Å². The fourth-order valence-electron chi connectivity index (χ4n) is 7.61. The van der Waals surface area contributed by atoms with Crippen molar-refractivity contribution >= 4 is 58.0 Å². The van der Waals surface area contributed by atoms with Gasteiger partial charge < -0.3 is 14.2 Å². The van der Waals surface area contributed by atoms with Crippen molar-refractivity contribution in [3.05, 3.63) is 77.5 Å². The summed E-state index contributed by atoms with van der Waals surface area (Å²) in [6.45, 7) is 1.08. The number of benzene rings is 2. The van der Waals surface area contributed by atoms with Crippen LogP contribution in [0.3, 0.4) is 0 Å². The minimum Gasteiger partial charge on any atom is -0.497 e. The molecule has 1 atom stereocenters. The number of piperidine rings is 2. The average molecular weight is 831 g/mol. The lowest BCUT2D eigenvalue weighted by molar-refractivity contribution is -0.875. The Hall–Kier alpha value is -2.27. The van der Waals surface area contributed by atoms with Gasteiger partial charge in [-0.05, 0) is 29.8 Å². The highest BCUT2D eigenvalue weighted by Crippen LogP contribution is 2.49. The molecule has 48 heavy (non-hydrogen) atoms. The maximum Gasteiger partial charge on any atom is 0.522 e. The number of cyclic esters (lactones) is 1. The van der Waals surface area contributed by atoms with Crippen molar-refractivity contribution in [3.63, 3.8) is 0 Å². The number of halogens is 2. The summed E-state index contributed by atoms with van der Waals surface area (Å²) >= 11 is 7.42. The lowest BCUT2D eigenvalue weighted by Crippen LogP contribution is -2.69. The molecule has 6 rings (SSSR count). The fraction of sp³-hybridized carbons (Fsp3) is 0.485. The van der Waals surface area contributed by atoms with Crippen molar-refractivity contribution < 1.29 is 40.3 Å². The number of methoxy groups -OCH3 is 2. The van der Waals surface area contributed by atoms with Crippen LogP contribution in [0.2, 0.25) is 0 Å². The number of amides is 1. The fourth-order valence-corrected chi connectivity index (χ4v) is 11.7. The highest BCUT2D eigenvalue weighted by atomic mass is 79.9. The van der Waals surface area contributed by atoms with Gasteiger partial charge in [-0.2, -0.15) is 13.6 Å². The number of hydrogen-bond acceptors (Lipinski definition) is 8. The largest absolute Gasteiger partial charge is 0.522 e. The van der Waals surface area contributed by atoms with Crippen LogP contribution in [-0.2, 0) is 30.5 Å². The zero-order chi connectivity index (χ0) is 34.3. The molecule has 0 N–H and O–H groups in total. The summed E-state index contributed by atoms with van der Waals surface area (Å²) in [6.07, 6.45) is 6.08. The molecule has 2 aromatic rings. The van der Waals surface area contributed by atoms with E-state index < -0.39 is 23.3 Å². The second-order valence-corrected chi connectivity index (χ2v) is 20.3. The molecule has 3 heterocycles. The van der Waals surface area contributed by atoms with Crippen molar-refractivity contribution in [2.75, 3.05) is 47.0 Å². The van der Waals surface area contributed by atoms with Gasteiger partial charge in [0.05, 0.1) is 20.0 Å². The Kier molecular flexibility index (Phi) is 10.2. The number of rotatable bonds is 9. The first-order valence-corrected chi connectivity index (χ1v) is 20.6. The number of sulfonamides is 2. The number of carbonyl (C=O) groups is 1. The first kappa shape index (κ1) is 35.6. The number of nitrogens with zero attached hydrogens (tertiary/aromatic N) is 3. The molecule has 3 aliphatic heterocycles. The third kappa shape index (κ3) is 6.63. The molecule has 3 saturated heterocycles. The molecule has 0 radical (unpaired) electrons. The quantitative estimate of drug-likeness (QED) is 0.240. The number of ether oxygens (including phenoxy) is 3. The lowest BCUT2D eigenvalue weighted by Gasteiger charge is -2.53. The van der Waals surface area contributed by atoms with E-state index in [-0.39, 0.29) is 71.8 Å². The van der Waals surface area contributed by atoms with E-state index in [2.05, 4.69) is 37.9 Å². The van der Waals surface area contributed by atoms with Gasteiger partial charge in [0.25, 0.3) is 0 Å². The molecular formula is C33H40Br2N3O8S2+. The first-order chi connectivity index (χ1) is 22.8. The van der Waals surface area contributed by atoms with Crippen molar-refractivity contribution in [2.45, 2.75) is 58.1 Å². The van der Waals surface area contributed by atoms with E-state index in [0.29, 0.717) is 37.9 Å². The third-order valence-corrected chi connectivity index (χ3v) is 14.8. The summed E-state index contributed by atoms with van der Waals surface area (Å²) in [4.78, 5) is 14.3. The minimum atomic E-state index is -3.94. The van der Waals surface area contributed by atoms with Crippen LogP contribution in [0, 0.1) is 0 Å².